The summed E-state index contributed by atoms with van der Waals surface area (Å²) in [6.07, 6.45) is 0.576. The number of aryl methyl sites for hydroxylation is 1. The summed E-state index contributed by atoms with van der Waals surface area (Å²) in [4.78, 5) is 26.8. The third-order valence-electron chi connectivity index (χ3n) is 5.39. The molecular formula is C24H30N2O3. The van der Waals surface area contributed by atoms with Crippen molar-refractivity contribution in [3.05, 3.63) is 65.2 Å². The maximum absolute atomic E-state index is 13.0. The lowest BCUT2D eigenvalue weighted by atomic mass is 9.84. The van der Waals surface area contributed by atoms with E-state index in [0.29, 0.717) is 19.6 Å². The molecule has 0 radical (unpaired) electrons. The van der Waals surface area contributed by atoms with Gasteiger partial charge >= 0.3 is 6.03 Å². The van der Waals surface area contributed by atoms with Crippen molar-refractivity contribution < 1.29 is 14.3 Å². The van der Waals surface area contributed by atoms with E-state index < -0.39 is 5.54 Å². The Balaban J connectivity index is 1.62. The van der Waals surface area contributed by atoms with Crippen molar-refractivity contribution in [2.45, 2.75) is 52.0 Å². The molecule has 5 nitrogen and oxygen atoms in total. The number of nitrogens with zero attached hydrogens (tertiary/aromatic N) is 1. The van der Waals surface area contributed by atoms with Crippen molar-refractivity contribution >= 4 is 11.9 Å². The zero-order valence-electron chi connectivity index (χ0n) is 17.9. The molecule has 0 aliphatic carbocycles. The number of amides is 3. The van der Waals surface area contributed by atoms with Crippen LogP contribution in [0.3, 0.4) is 0 Å². The second-order valence-corrected chi connectivity index (χ2v) is 8.86. The molecule has 0 saturated carbocycles. The van der Waals surface area contributed by atoms with E-state index in [1.165, 1.54) is 10.5 Å². The van der Waals surface area contributed by atoms with Crippen molar-refractivity contribution in [3.8, 4) is 5.75 Å². The van der Waals surface area contributed by atoms with Gasteiger partial charge in [0.2, 0.25) is 0 Å². The normalized spacial score (nSPS) is 19.4. The van der Waals surface area contributed by atoms with Gasteiger partial charge in [-0.2, -0.15) is 0 Å². The molecule has 1 atom stereocenters. The smallest absolute Gasteiger partial charge is 0.325 e. The molecule has 1 fully saturated rings. The van der Waals surface area contributed by atoms with Gasteiger partial charge in [0.1, 0.15) is 11.3 Å². The summed E-state index contributed by atoms with van der Waals surface area (Å²) < 4.78 is 5.73. The minimum Gasteiger partial charge on any atom is -0.494 e. The van der Waals surface area contributed by atoms with Crippen LogP contribution < -0.4 is 10.1 Å². The molecule has 0 bridgehead atoms. The average Bonchev–Trinajstić information content (AvgIpc) is 2.88. The molecule has 2 aromatic carbocycles. The third kappa shape index (κ3) is 4.44. The number of hydrogen-bond donors (Lipinski definition) is 1. The SMILES string of the molecule is Cc1cccc(OCCCN2C(=O)N[C@@](C)(c3ccc(C(C)(C)C)cc3)C2=O)c1. The number of carbonyl (C=O) groups excluding carboxylic acids is 2. The van der Waals surface area contributed by atoms with Crippen LogP contribution in [0.5, 0.6) is 5.75 Å². The van der Waals surface area contributed by atoms with Gasteiger partial charge in [-0.3, -0.25) is 9.69 Å². The van der Waals surface area contributed by atoms with Crippen molar-refractivity contribution in [2.75, 3.05) is 13.2 Å². The van der Waals surface area contributed by atoms with E-state index in [1.807, 2.05) is 55.5 Å². The van der Waals surface area contributed by atoms with Crippen molar-refractivity contribution in [1.82, 2.24) is 10.2 Å². The first-order valence-corrected chi connectivity index (χ1v) is 10.1. The minimum atomic E-state index is -1.04. The van der Waals surface area contributed by atoms with Gasteiger partial charge in [0.15, 0.2) is 0 Å². The Bertz CT molecular complexity index is 899. The number of benzene rings is 2. The van der Waals surface area contributed by atoms with E-state index >= 15 is 0 Å². The predicted molar refractivity (Wildman–Crippen MR) is 114 cm³/mol. The number of nitrogens with one attached hydrogen (secondary N) is 1. The topological polar surface area (TPSA) is 58.6 Å². The first kappa shape index (κ1) is 20.9. The Hall–Kier alpha value is -2.82. The third-order valence-corrected chi connectivity index (χ3v) is 5.39. The molecule has 154 valence electrons. The van der Waals surface area contributed by atoms with E-state index in [-0.39, 0.29) is 17.4 Å². The van der Waals surface area contributed by atoms with Gasteiger partial charge in [0, 0.05) is 6.54 Å². The number of carbonyl (C=O) groups is 2. The molecule has 29 heavy (non-hydrogen) atoms. The van der Waals surface area contributed by atoms with Crippen LogP contribution in [-0.2, 0) is 15.7 Å². The fourth-order valence-electron chi connectivity index (χ4n) is 3.52. The molecule has 1 heterocycles. The Morgan fingerprint density at radius 2 is 1.76 bits per heavy atom. The fraction of sp³-hybridized carbons (Fsp3) is 0.417. The Morgan fingerprint density at radius 3 is 2.38 bits per heavy atom. The van der Waals surface area contributed by atoms with Crippen molar-refractivity contribution in [2.24, 2.45) is 0 Å². The lowest BCUT2D eigenvalue weighted by Crippen LogP contribution is -2.41. The number of rotatable bonds is 6. The summed E-state index contributed by atoms with van der Waals surface area (Å²) in [5.41, 5.74) is 2.11. The molecule has 0 aromatic heterocycles. The van der Waals surface area contributed by atoms with Gasteiger partial charge in [-0.1, -0.05) is 57.2 Å². The Morgan fingerprint density at radius 1 is 1.07 bits per heavy atom. The second-order valence-electron chi connectivity index (χ2n) is 8.86. The number of urea groups is 1. The van der Waals surface area contributed by atoms with Gasteiger partial charge in [-0.15, -0.1) is 0 Å². The lowest BCUT2D eigenvalue weighted by molar-refractivity contribution is -0.131. The molecule has 1 N–H and O–H groups in total. The van der Waals surface area contributed by atoms with E-state index in [4.69, 9.17) is 4.74 Å². The van der Waals surface area contributed by atoms with Crippen LogP contribution in [-0.4, -0.2) is 30.0 Å². The van der Waals surface area contributed by atoms with Crippen LogP contribution in [0.25, 0.3) is 0 Å². The largest absolute Gasteiger partial charge is 0.494 e. The molecule has 1 saturated heterocycles. The van der Waals surface area contributed by atoms with Crippen LogP contribution in [0.4, 0.5) is 4.79 Å². The molecular weight excluding hydrogens is 364 g/mol. The van der Waals surface area contributed by atoms with E-state index in [0.717, 1.165) is 16.9 Å². The van der Waals surface area contributed by atoms with Crippen molar-refractivity contribution in [3.63, 3.8) is 0 Å². The van der Waals surface area contributed by atoms with E-state index in [1.54, 1.807) is 6.92 Å². The highest BCUT2D eigenvalue weighted by atomic mass is 16.5. The molecule has 0 spiro atoms. The standard InChI is InChI=1S/C24H30N2O3/c1-17-8-6-9-20(16-17)29-15-7-14-26-21(27)24(5,25-22(26)28)19-12-10-18(11-13-19)23(2,3)4/h6,8-13,16H,7,14-15H2,1-5H3,(H,25,28)/t24-/m0/s1. The van der Waals surface area contributed by atoms with E-state index in [2.05, 4.69) is 26.1 Å². The first-order chi connectivity index (χ1) is 13.6. The molecule has 2 aromatic rings. The minimum absolute atomic E-state index is 0.0334. The molecule has 3 amide bonds. The summed E-state index contributed by atoms with van der Waals surface area (Å²) in [5, 5.41) is 2.87. The van der Waals surface area contributed by atoms with Crippen LogP contribution in [0.15, 0.2) is 48.5 Å². The molecule has 3 rings (SSSR count). The monoisotopic (exact) mass is 394 g/mol. The molecule has 5 heteroatoms. The highest BCUT2D eigenvalue weighted by Crippen LogP contribution is 2.31. The quantitative estimate of drug-likeness (QED) is 0.578. The van der Waals surface area contributed by atoms with Crippen molar-refractivity contribution in [1.29, 1.82) is 0 Å². The number of imide groups is 1. The van der Waals surface area contributed by atoms with Crippen LogP contribution in [0.1, 0.15) is 50.8 Å². The van der Waals surface area contributed by atoms with Crippen LogP contribution >= 0.6 is 0 Å². The predicted octanol–water partition coefficient (Wildman–Crippen LogP) is 4.53. The van der Waals surface area contributed by atoms with Gasteiger partial charge < -0.3 is 10.1 Å². The van der Waals surface area contributed by atoms with Crippen LogP contribution in [0, 0.1) is 6.92 Å². The molecule has 0 unspecified atom stereocenters. The lowest BCUT2D eigenvalue weighted by Gasteiger charge is -2.24. The highest BCUT2D eigenvalue weighted by Gasteiger charge is 2.48. The van der Waals surface area contributed by atoms with Gasteiger partial charge in [0.05, 0.1) is 6.61 Å². The van der Waals surface area contributed by atoms with Gasteiger partial charge in [-0.05, 0) is 54.5 Å². The zero-order chi connectivity index (χ0) is 21.2. The summed E-state index contributed by atoms with van der Waals surface area (Å²) in [6, 6.07) is 15.4. The molecule has 1 aliphatic heterocycles. The first-order valence-electron chi connectivity index (χ1n) is 10.1. The Kier molecular flexibility index (Phi) is 5.69. The summed E-state index contributed by atoms with van der Waals surface area (Å²) >= 11 is 0. The maximum atomic E-state index is 13.0. The number of hydrogen-bond acceptors (Lipinski definition) is 3. The summed E-state index contributed by atoms with van der Waals surface area (Å²) in [5.74, 6) is 0.576. The Labute approximate surface area is 173 Å². The second kappa shape index (κ2) is 7.90. The van der Waals surface area contributed by atoms with Gasteiger partial charge in [-0.25, -0.2) is 4.79 Å². The summed E-state index contributed by atoms with van der Waals surface area (Å²) in [6.45, 7) is 11.0. The summed E-state index contributed by atoms with van der Waals surface area (Å²) in [7, 11) is 0. The fourth-order valence-corrected chi connectivity index (χ4v) is 3.52. The maximum Gasteiger partial charge on any atom is 0.325 e. The van der Waals surface area contributed by atoms with Gasteiger partial charge in [0.25, 0.3) is 5.91 Å². The molecule has 1 aliphatic rings. The van der Waals surface area contributed by atoms with Crippen LogP contribution in [0.2, 0.25) is 0 Å². The zero-order valence-corrected chi connectivity index (χ0v) is 17.9. The number of ether oxygens (including phenoxy) is 1. The van der Waals surface area contributed by atoms with E-state index in [9.17, 15) is 9.59 Å². The highest BCUT2D eigenvalue weighted by molar-refractivity contribution is 6.07. The average molecular weight is 395 g/mol.